The maximum Gasteiger partial charge on any atom is 0.251 e. The SMILES string of the molecule is CNC(=O)c1ccc(CN(C)C(=O)Cc2ccsc2)cc1. The van der Waals surface area contributed by atoms with Gasteiger partial charge in [-0.05, 0) is 40.1 Å². The van der Waals surface area contributed by atoms with E-state index in [1.165, 1.54) is 0 Å². The first-order valence-corrected chi connectivity index (χ1v) is 7.60. The summed E-state index contributed by atoms with van der Waals surface area (Å²) in [5, 5.41) is 6.54. The van der Waals surface area contributed by atoms with Gasteiger partial charge < -0.3 is 10.2 Å². The molecule has 0 aliphatic rings. The van der Waals surface area contributed by atoms with Crippen LogP contribution in [0.1, 0.15) is 21.5 Å². The van der Waals surface area contributed by atoms with E-state index >= 15 is 0 Å². The Bertz CT molecular complexity index is 606. The molecule has 2 rings (SSSR count). The van der Waals surface area contributed by atoms with Gasteiger partial charge in [0.2, 0.25) is 5.91 Å². The van der Waals surface area contributed by atoms with Gasteiger partial charge in [0.25, 0.3) is 5.91 Å². The summed E-state index contributed by atoms with van der Waals surface area (Å²) in [5.41, 5.74) is 2.67. The molecule has 2 aromatic rings. The number of nitrogens with one attached hydrogen (secondary N) is 1. The van der Waals surface area contributed by atoms with Crippen molar-refractivity contribution >= 4 is 23.2 Å². The molecule has 1 aromatic carbocycles. The van der Waals surface area contributed by atoms with Crippen molar-refractivity contribution in [1.29, 1.82) is 0 Å². The highest BCUT2D eigenvalue weighted by Gasteiger charge is 2.11. The van der Waals surface area contributed by atoms with Crippen molar-refractivity contribution in [3.63, 3.8) is 0 Å². The number of nitrogens with zero attached hydrogens (tertiary/aromatic N) is 1. The lowest BCUT2D eigenvalue weighted by Gasteiger charge is -2.17. The van der Waals surface area contributed by atoms with Gasteiger partial charge in [-0.2, -0.15) is 11.3 Å². The third-order valence-electron chi connectivity index (χ3n) is 3.22. The Kier molecular flexibility index (Phi) is 5.11. The molecule has 0 saturated heterocycles. The van der Waals surface area contributed by atoms with Crippen LogP contribution in [-0.2, 0) is 17.8 Å². The summed E-state index contributed by atoms with van der Waals surface area (Å²) >= 11 is 1.60. The van der Waals surface area contributed by atoms with Gasteiger partial charge in [-0.3, -0.25) is 9.59 Å². The second-order valence-electron chi connectivity index (χ2n) is 4.83. The zero-order valence-electron chi connectivity index (χ0n) is 12.1. The van der Waals surface area contributed by atoms with Crippen molar-refractivity contribution in [1.82, 2.24) is 10.2 Å². The fraction of sp³-hybridized carbons (Fsp3) is 0.250. The van der Waals surface area contributed by atoms with Crippen LogP contribution in [0.25, 0.3) is 0 Å². The fourth-order valence-electron chi connectivity index (χ4n) is 1.97. The summed E-state index contributed by atoms with van der Waals surface area (Å²) in [6.07, 6.45) is 0.427. The van der Waals surface area contributed by atoms with E-state index in [0.29, 0.717) is 18.5 Å². The quantitative estimate of drug-likeness (QED) is 0.921. The van der Waals surface area contributed by atoms with Crippen molar-refractivity contribution in [3.8, 4) is 0 Å². The molecule has 0 saturated carbocycles. The first kappa shape index (κ1) is 15.3. The summed E-state index contributed by atoms with van der Waals surface area (Å²) in [6, 6.07) is 9.25. The maximum atomic E-state index is 12.1. The molecule has 21 heavy (non-hydrogen) atoms. The first-order chi connectivity index (χ1) is 10.1. The Balaban J connectivity index is 1.94. The minimum atomic E-state index is -0.108. The Morgan fingerprint density at radius 1 is 1.14 bits per heavy atom. The number of hydrogen-bond acceptors (Lipinski definition) is 3. The molecular formula is C16H18N2O2S. The predicted molar refractivity (Wildman–Crippen MR) is 84.3 cm³/mol. The number of carbonyl (C=O) groups excluding carboxylic acids is 2. The third kappa shape index (κ3) is 4.16. The van der Waals surface area contributed by atoms with Crippen LogP contribution < -0.4 is 5.32 Å². The first-order valence-electron chi connectivity index (χ1n) is 6.66. The summed E-state index contributed by atoms with van der Waals surface area (Å²) in [5.74, 6) is -0.0211. The number of benzene rings is 1. The minimum absolute atomic E-state index is 0.0868. The summed E-state index contributed by atoms with van der Waals surface area (Å²) in [6.45, 7) is 0.539. The Morgan fingerprint density at radius 3 is 2.43 bits per heavy atom. The highest BCUT2D eigenvalue weighted by molar-refractivity contribution is 7.07. The Hall–Kier alpha value is -2.14. The number of likely N-dealkylation sites (N-methyl/N-ethyl adjacent to an activating group) is 1. The number of thiophene rings is 1. The molecule has 2 amide bonds. The summed E-state index contributed by atoms with van der Waals surface area (Å²) in [4.78, 5) is 25.3. The average molecular weight is 302 g/mol. The zero-order valence-corrected chi connectivity index (χ0v) is 12.9. The molecule has 1 aromatic heterocycles. The van der Waals surface area contributed by atoms with Crippen LogP contribution in [0.3, 0.4) is 0 Å². The van der Waals surface area contributed by atoms with Crippen LogP contribution in [-0.4, -0.2) is 30.8 Å². The molecule has 0 unspecified atom stereocenters. The molecule has 1 N–H and O–H groups in total. The van der Waals surface area contributed by atoms with E-state index in [0.717, 1.165) is 11.1 Å². The van der Waals surface area contributed by atoms with Gasteiger partial charge in [0.15, 0.2) is 0 Å². The monoisotopic (exact) mass is 302 g/mol. The van der Waals surface area contributed by atoms with Gasteiger partial charge in [0.1, 0.15) is 0 Å². The second kappa shape index (κ2) is 7.04. The number of carbonyl (C=O) groups is 2. The van der Waals surface area contributed by atoms with E-state index in [9.17, 15) is 9.59 Å². The van der Waals surface area contributed by atoms with Crippen molar-refractivity contribution in [2.45, 2.75) is 13.0 Å². The number of hydrogen-bond donors (Lipinski definition) is 1. The van der Waals surface area contributed by atoms with Crippen molar-refractivity contribution < 1.29 is 9.59 Å². The summed E-state index contributed by atoms with van der Waals surface area (Å²) in [7, 11) is 3.40. The summed E-state index contributed by atoms with van der Waals surface area (Å²) < 4.78 is 0. The standard InChI is InChI=1S/C16H18N2O2S/c1-17-16(20)14-5-3-12(4-6-14)10-18(2)15(19)9-13-7-8-21-11-13/h3-8,11H,9-10H2,1-2H3,(H,17,20). The average Bonchev–Trinajstić information content (AvgIpc) is 3.00. The molecule has 0 spiro atoms. The van der Waals surface area contributed by atoms with Crippen molar-refractivity contribution in [2.24, 2.45) is 0 Å². The van der Waals surface area contributed by atoms with Crippen LogP contribution in [0, 0.1) is 0 Å². The highest BCUT2D eigenvalue weighted by atomic mass is 32.1. The van der Waals surface area contributed by atoms with Crippen molar-refractivity contribution in [2.75, 3.05) is 14.1 Å². The van der Waals surface area contributed by atoms with Gasteiger partial charge in [-0.25, -0.2) is 0 Å². The largest absolute Gasteiger partial charge is 0.355 e. The minimum Gasteiger partial charge on any atom is -0.355 e. The predicted octanol–water partition coefficient (Wildman–Crippen LogP) is 2.31. The third-order valence-corrected chi connectivity index (χ3v) is 3.96. The van der Waals surface area contributed by atoms with E-state index < -0.39 is 0 Å². The van der Waals surface area contributed by atoms with E-state index in [4.69, 9.17) is 0 Å². The van der Waals surface area contributed by atoms with Gasteiger partial charge in [0.05, 0.1) is 6.42 Å². The lowest BCUT2D eigenvalue weighted by atomic mass is 10.1. The zero-order chi connectivity index (χ0) is 15.2. The van der Waals surface area contributed by atoms with E-state index in [1.807, 2.05) is 29.0 Å². The Morgan fingerprint density at radius 2 is 1.86 bits per heavy atom. The van der Waals surface area contributed by atoms with Crippen LogP contribution >= 0.6 is 11.3 Å². The molecule has 110 valence electrons. The van der Waals surface area contributed by atoms with Gasteiger partial charge >= 0.3 is 0 Å². The van der Waals surface area contributed by atoms with Gasteiger partial charge in [0, 0.05) is 26.2 Å². The van der Waals surface area contributed by atoms with Crippen LogP contribution in [0.2, 0.25) is 0 Å². The van der Waals surface area contributed by atoms with Gasteiger partial charge in [-0.15, -0.1) is 0 Å². The molecule has 0 fully saturated rings. The normalized spacial score (nSPS) is 10.2. The molecule has 0 bridgehead atoms. The molecule has 1 heterocycles. The topological polar surface area (TPSA) is 49.4 Å². The van der Waals surface area contributed by atoms with Crippen LogP contribution in [0.4, 0.5) is 0 Å². The van der Waals surface area contributed by atoms with E-state index in [-0.39, 0.29) is 11.8 Å². The molecule has 0 aliphatic heterocycles. The molecule has 0 radical (unpaired) electrons. The molecule has 5 heteroatoms. The lowest BCUT2D eigenvalue weighted by Crippen LogP contribution is -2.27. The molecule has 4 nitrogen and oxygen atoms in total. The van der Waals surface area contributed by atoms with Crippen LogP contribution in [0.5, 0.6) is 0 Å². The highest BCUT2D eigenvalue weighted by Crippen LogP contribution is 2.10. The number of amides is 2. The lowest BCUT2D eigenvalue weighted by molar-refractivity contribution is -0.129. The second-order valence-corrected chi connectivity index (χ2v) is 5.61. The molecule has 0 atom stereocenters. The molecular weight excluding hydrogens is 284 g/mol. The fourth-order valence-corrected chi connectivity index (χ4v) is 2.64. The molecule has 0 aliphatic carbocycles. The Labute approximate surface area is 128 Å². The number of rotatable bonds is 5. The smallest absolute Gasteiger partial charge is 0.251 e. The van der Waals surface area contributed by atoms with E-state index in [1.54, 1.807) is 42.5 Å². The van der Waals surface area contributed by atoms with Crippen LogP contribution in [0.15, 0.2) is 41.1 Å². The van der Waals surface area contributed by atoms with Gasteiger partial charge in [-0.1, -0.05) is 12.1 Å². The van der Waals surface area contributed by atoms with Crippen molar-refractivity contribution in [3.05, 3.63) is 57.8 Å². The maximum absolute atomic E-state index is 12.1. The van der Waals surface area contributed by atoms with E-state index in [2.05, 4.69) is 5.32 Å².